The lowest BCUT2D eigenvalue weighted by atomic mass is 10.3. The van der Waals surface area contributed by atoms with Gasteiger partial charge in [-0.1, -0.05) is 6.07 Å². The van der Waals surface area contributed by atoms with Crippen molar-refractivity contribution in [2.24, 2.45) is 0 Å². The zero-order chi connectivity index (χ0) is 9.90. The monoisotopic (exact) mass is 254 g/mol. The molecule has 0 aliphatic rings. The lowest BCUT2D eigenvalue weighted by Gasteiger charge is -2.09. The van der Waals surface area contributed by atoms with E-state index >= 15 is 0 Å². The second-order valence-electron chi connectivity index (χ2n) is 2.22. The first-order valence-corrected chi connectivity index (χ1v) is 8.17. The van der Waals surface area contributed by atoms with Gasteiger partial charge in [0.1, 0.15) is 5.75 Å². The van der Waals surface area contributed by atoms with Crippen molar-refractivity contribution >= 4 is 40.7 Å². The molecule has 6 heteroatoms. The molecule has 0 amide bonds. The zero-order valence-corrected chi connectivity index (χ0v) is 10.1. The molecule has 0 radical (unpaired) electrons. The fourth-order valence-electron chi connectivity index (χ4n) is 0.788. The van der Waals surface area contributed by atoms with Crippen molar-refractivity contribution < 1.29 is 9.42 Å². The summed E-state index contributed by atoms with van der Waals surface area (Å²) < 4.78 is 4.98. The van der Waals surface area contributed by atoms with Crippen LogP contribution in [0.25, 0.3) is 0 Å². The van der Waals surface area contributed by atoms with E-state index in [1.54, 1.807) is 23.9 Å². The highest BCUT2D eigenvalue weighted by Crippen LogP contribution is 2.48. The van der Waals surface area contributed by atoms with Gasteiger partial charge in [-0.15, -0.1) is 11.8 Å². The summed E-state index contributed by atoms with van der Waals surface area (Å²) in [7, 11) is 0. The molecular weight excluding hydrogens is 247 g/mol. The number of thioether (sulfide) groups is 1. The summed E-state index contributed by atoms with van der Waals surface area (Å²) in [5, 5.41) is 0. The van der Waals surface area contributed by atoms with Crippen LogP contribution in [0.15, 0.2) is 29.2 Å². The van der Waals surface area contributed by atoms with Crippen LogP contribution < -0.4 is 4.52 Å². The van der Waals surface area contributed by atoms with Gasteiger partial charge in [0.15, 0.2) is 0 Å². The molecule has 72 valence electrons. The van der Waals surface area contributed by atoms with Crippen LogP contribution >= 0.6 is 28.8 Å². The van der Waals surface area contributed by atoms with Crippen LogP contribution in [0.2, 0.25) is 0 Å². The molecule has 0 fully saturated rings. The molecule has 2 nitrogen and oxygen atoms in total. The number of halogens is 1. The summed E-state index contributed by atoms with van der Waals surface area (Å²) >= 11 is 11.5. The third-order valence-electron chi connectivity index (χ3n) is 1.26. The average molecular weight is 255 g/mol. The number of hydrogen-bond donors (Lipinski definition) is 1. The number of rotatable bonds is 3. The average Bonchev–Trinajstić information content (AvgIpc) is 2.01. The summed E-state index contributed by atoms with van der Waals surface area (Å²) in [4.78, 5) is 10.1. The zero-order valence-electron chi connectivity index (χ0n) is 6.81. The van der Waals surface area contributed by atoms with Crippen molar-refractivity contribution in [3.8, 4) is 5.75 Å². The highest BCUT2D eigenvalue weighted by molar-refractivity contribution is 8.22. The third-order valence-corrected chi connectivity index (χ3v) is 2.85. The summed E-state index contributed by atoms with van der Waals surface area (Å²) in [5.41, 5.74) is 0. The third kappa shape index (κ3) is 4.34. The first kappa shape index (κ1) is 11.3. The molecule has 0 heterocycles. The van der Waals surface area contributed by atoms with Gasteiger partial charge in [-0.2, -0.15) is 0 Å². The Morgan fingerprint density at radius 2 is 2.31 bits per heavy atom. The van der Waals surface area contributed by atoms with Crippen LogP contribution in [0.3, 0.4) is 0 Å². The molecule has 1 N–H and O–H groups in total. The Hall–Kier alpha value is 0.270. The Morgan fingerprint density at radius 1 is 1.62 bits per heavy atom. The van der Waals surface area contributed by atoms with Crippen molar-refractivity contribution in [1.82, 2.24) is 0 Å². The molecule has 0 aromatic heterocycles. The molecule has 0 aliphatic heterocycles. The smallest absolute Gasteiger partial charge is 0.330 e. The van der Waals surface area contributed by atoms with E-state index in [4.69, 9.17) is 20.7 Å². The van der Waals surface area contributed by atoms with E-state index in [2.05, 4.69) is 11.8 Å². The van der Waals surface area contributed by atoms with Gasteiger partial charge in [0.25, 0.3) is 0 Å². The van der Waals surface area contributed by atoms with Gasteiger partial charge >= 0.3 is 5.84 Å². The molecule has 0 aliphatic carbocycles. The Morgan fingerprint density at radius 3 is 2.85 bits per heavy atom. The Kier molecular flexibility index (Phi) is 4.07. The van der Waals surface area contributed by atoms with Crippen LogP contribution in [0.1, 0.15) is 0 Å². The minimum atomic E-state index is -3.12. The summed E-state index contributed by atoms with van der Waals surface area (Å²) in [6.45, 7) is 0. The topological polar surface area (TPSA) is 29.5 Å². The van der Waals surface area contributed by atoms with E-state index in [-0.39, 0.29) is 0 Å². The lowest BCUT2D eigenvalue weighted by molar-refractivity contribution is 0.502. The van der Waals surface area contributed by atoms with E-state index in [1.807, 2.05) is 18.4 Å². The van der Waals surface area contributed by atoms with Crippen LogP contribution in [0, 0.1) is 0 Å². The largest absolute Gasteiger partial charge is 0.433 e. The molecule has 0 bridgehead atoms. The summed E-state index contributed by atoms with van der Waals surface area (Å²) in [6, 6.07) is 7.25. The van der Waals surface area contributed by atoms with E-state index in [0.29, 0.717) is 5.75 Å². The molecule has 13 heavy (non-hydrogen) atoms. The van der Waals surface area contributed by atoms with Crippen molar-refractivity contribution in [2.45, 2.75) is 4.90 Å². The quantitative estimate of drug-likeness (QED) is 0.662. The molecule has 0 spiro atoms. The summed E-state index contributed by atoms with van der Waals surface area (Å²) in [6.07, 6.45) is 1.95. The van der Waals surface area contributed by atoms with Crippen LogP contribution in [-0.4, -0.2) is 11.1 Å². The minimum absolute atomic E-state index is 0.507. The van der Waals surface area contributed by atoms with Crippen molar-refractivity contribution in [1.29, 1.82) is 0 Å². The fraction of sp³-hybridized carbons (Fsp3) is 0.143. The van der Waals surface area contributed by atoms with Crippen molar-refractivity contribution in [2.75, 3.05) is 6.26 Å². The molecule has 1 aromatic rings. The minimum Gasteiger partial charge on any atom is -0.433 e. The molecule has 1 atom stereocenters. The Bertz CT molecular complexity index is 339. The first-order chi connectivity index (χ1) is 6.01. The Labute approximate surface area is 91.2 Å². The standard InChI is InChI=1S/C7H8ClO2PS2/c1-13-7-4-2-3-6(5-7)10-11(8,9)12/h2-5H,1H3,(H,9,12). The van der Waals surface area contributed by atoms with Gasteiger partial charge in [0.2, 0.25) is 0 Å². The first-order valence-electron chi connectivity index (χ1n) is 3.37. The second-order valence-corrected chi connectivity index (χ2v) is 7.65. The highest BCUT2D eigenvalue weighted by atomic mass is 35.7. The maximum absolute atomic E-state index is 9.10. The second kappa shape index (κ2) is 4.67. The SMILES string of the molecule is CSc1cccc(OP(O)(=S)Cl)c1. The predicted octanol–water partition coefficient (Wildman–Crippen LogP) is 3.24. The molecule has 0 saturated carbocycles. The van der Waals surface area contributed by atoms with E-state index in [1.165, 1.54) is 0 Å². The van der Waals surface area contributed by atoms with Crippen LogP contribution in [0.5, 0.6) is 5.75 Å². The lowest BCUT2D eigenvalue weighted by Crippen LogP contribution is -1.84. The molecule has 0 saturated heterocycles. The normalized spacial score (nSPS) is 15.0. The van der Waals surface area contributed by atoms with Gasteiger partial charge in [0, 0.05) is 4.90 Å². The van der Waals surface area contributed by atoms with E-state index in [9.17, 15) is 0 Å². The van der Waals surface area contributed by atoms with E-state index in [0.717, 1.165) is 4.90 Å². The van der Waals surface area contributed by atoms with Gasteiger partial charge in [-0.05, 0) is 47.5 Å². The highest BCUT2D eigenvalue weighted by Gasteiger charge is 2.09. The Balaban J connectivity index is 2.84. The number of benzene rings is 1. The van der Waals surface area contributed by atoms with Gasteiger partial charge < -0.3 is 9.42 Å². The predicted molar refractivity (Wildman–Crippen MR) is 61.2 cm³/mol. The molecular formula is C7H8ClO2PS2. The maximum Gasteiger partial charge on any atom is 0.330 e. The molecule has 1 rings (SSSR count). The van der Waals surface area contributed by atoms with Gasteiger partial charge in [-0.3, -0.25) is 0 Å². The summed E-state index contributed by atoms with van der Waals surface area (Å²) in [5.74, 6) is -2.61. The van der Waals surface area contributed by atoms with E-state index < -0.39 is 5.84 Å². The maximum atomic E-state index is 9.10. The van der Waals surface area contributed by atoms with Crippen molar-refractivity contribution in [3.05, 3.63) is 24.3 Å². The van der Waals surface area contributed by atoms with Crippen LogP contribution in [0.4, 0.5) is 0 Å². The van der Waals surface area contributed by atoms with Gasteiger partial charge in [0.05, 0.1) is 0 Å². The molecule has 1 aromatic carbocycles. The number of hydrogen-bond acceptors (Lipinski definition) is 3. The molecule has 1 unspecified atom stereocenters. The van der Waals surface area contributed by atoms with Crippen LogP contribution in [-0.2, 0) is 11.8 Å². The fourth-order valence-corrected chi connectivity index (χ4v) is 2.11. The van der Waals surface area contributed by atoms with Gasteiger partial charge in [-0.25, -0.2) is 0 Å². The van der Waals surface area contributed by atoms with Crippen molar-refractivity contribution in [3.63, 3.8) is 0 Å².